The summed E-state index contributed by atoms with van der Waals surface area (Å²) in [7, 11) is 0. The molecular formula is C35H25NO2Te. The van der Waals surface area contributed by atoms with Crippen LogP contribution in [-0.2, 0) is 5.41 Å². The number of anilines is 3. The fraction of sp³-hybridized carbons (Fsp3) is 0.143. The van der Waals surface area contributed by atoms with Gasteiger partial charge in [-0.3, -0.25) is 0 Å². The molecule has 0 unspecified atom stereocenters. The molecule has 0 atom stereocenters. The molecule has 39 heavy (non-hydrogen) atoms. The fourth-order valence-corrected chi connectivity index (χ4v) is 9.79. The van der Waals surface area contributed by atoms with Gasteiger partial charge in [0.05, 0.1) is 0 Å². The summed E-state index contributed by atoms with van der Waals surface area (Å²) in [5, 5.41) is 1.97. The molecule has 3 aliphatic rings. The van der Waals surface area contributed by atoms with Crippen LogP contribution >= 0.6 is 0 Å². The summed E-state index contributed by atoms with van der Waals surface area (Å²) < 4.78 is 2.40. The van der Waals surface area contributed by atoms with Gasteiger partial charge < -0.3 is 0 Å². The Balaban J connectivity index is 1.22. The van der Waals surface area contributed by atoms with Gasteiger partial charge in [-0.25, -0.2) is 0 Å². The van der Waals surface area contributed by atoms with Gasteiger partial charge in [0.1, 0.15) is 0 Å². The van der Waals surface area contributed by atoms with E-state index in [0.29, 0.717) is 16.7 Å². The number of allylic oxidation sites excluding steroid dienone is 1. The molecule has 8 rings (SSSR count). The normalized spacial score (nSPS) is 17.0. The Morgan fingerprint density at radius 1 is 0.667 bits per heavy atom. The minimum absolute atomic E-state index is 0.0969. The van der Waals surface area contributed by atoms with Gasteiger partial charge in [-0.1, -0.05) is 0 Å². The van der Waals surface area contributed by atoms with Crippen molar-refractivity contribution < 1.29 is 9.59 Å². The Labute approximate surface area is 237 Å². The van der Waals surface area contributed by atoms with Crippen molar-refractivity contribution in [3.05, 3.63) is 128 Å². The number of para-hydroxylation sites is 2. The molecule has 5 aromatic rings. The molecule has 0 bridgehead atoms. The topological polar surface area (TPSA) is 37.4 Å². The van der Waals surface area contributed by atoms with Crippen LogP contribution in [0.3, 0.4) is 0 Å². The summed E-state index contributed by atoms with van der Waals surface area (Å²) in [4.78, 5) is 29.2. The molecular weight excluding hydrogens is 594 g/mol. The molecule has 1 fully saturated rings. The summed E-state index contributed by atoms with van der Waals surface area (Å²) in [6, 6.07) is 33.8. The number of hydrogen-bond acceptors (Lipinski definition) is 3. The van der Waals surface area contributed by atoms with Gasteiger partial charge in [-0.2, -0.15) is 0 Å². The molecule has 4 heteroatoms. The van der Waals surface area contributed by atoms with E-state index < -0.39 is 20.4 Å². The van der Waals surface area contributed by atoms with Crippen molar-refractivity contribution in [2.45, 2.75) is 31.1 Å². The van der Waals surface area contributed by atoms with E-state index in [1.165, 1.54) is 51.9 Å². The molecule has 0 radical (unpaired) electrons. The second-order valence-corrected chi connectivity index (χ2v) is 13.9. The van der Waals surface area contributed by atoms with E-state index in [4.69, 9.17) is 0 Å². The van der Waals surface area contributed by atoms with Gasteiger partial charge in [-0.05, 0) is 0 Å². The molecule has 1 spiro atoms. The van der Waals surface area contributed by atoms with Crippen LogP contribution in [0.1, 0.15) is 61.1 Å². The van der Waals surface area contributed by atoms with Gasteiger partial charge >= 0.3 is 238 Å². The van der Waals surface area contributed by atoms with Crippen molar-refractivity contribution in [3.8, 4) is 0 Å². The maximum absolute atomic E-state index is 13.4. The zero-order chi connectivity index (χ0) is 26.1. The second kappa shape index (κ2) is 8.65. The Bertz CT molecular complexity index is 1760. The summed E-state index contributed by atoms with van der Waals surface area (Å²) >= 11 is -0.818. The van der Waals surface area contributed by atoms with Crippen molar-refractivity contribution in [3.63, 3.8) is 0 Å². The van der Waals surface area contributed by atoms with Crippen LogP contribution in [0.25, 0.3) is 16.8 Å². The third-order valence-corrected chi connectivity index (χ3v) is 11.7. The Hall–Kier alpha value is -3.71. The van der Waals surface area contributed by atoms with E-state index >= 15 is 0 Å². The third kappa shape index (κ3) is 3.35. The van der Waals surface area contributed by atoms with Crippen LogP contribution in [-0.4, -0.2) is 32.0 Å². The molecule has 188 valence electrons. The van der Waals surface area contributed by atoms with Crippen LogP contribution in [0.2, 0.25) is 0 Å². The van der Waals surface area contributed by atoms with Gasteiger partial charge in [0.25, 0.3) is 0 Å². The Kier molecular flexibility index (Phi) is 5.14. The molecule has 3 nitrogen and oxygen atoms in total. The second-order valence-electron chi connectivity index (χ2n) is 10.8. The SMILES string of the molecule is O=C1C(=Cc2ccc(N3c4ccccc4C4(CCCC4)c4ccccc43)[te]2)C(=O)c2cc3ccccc3cc21. The average Bonchev–Trinajstić information content (AvgIpc) is 3.70. The molecule has 2 heterocycles. The van der Waals surface area contributed by atoms with E-state index in [-0.39, 0.29) is 17.0 Å². The van der Waals surface area contributed by atoms with Crippen molar-refractivity contribution in [1.29, 1.82) is 0 Å². The first kappa shape index (κ1) is 23.2. The number of carbonyl (C=O) groups excluding carboxylic acids is 2. The van der Waals surface area contributed by atoms with E-state index in [0.717, 1.165) is 14.4 Å². The maximum atomic E-state index is 13.4. The molecule has 1 aromatic heterocycles. The number of hydrogen-bond donors (Lipinski definition) is 0. The van der Waals surface area contributed by atoms with Crippen LogP contribution in [0.5, 0.6) is 0 Å². The first-order valence-corrected chi connectivity index (χ1v) is 15.9. The van der Waals surface area contributed by atoms with E-state index in [1.54, 1.807) is 0 Å². The quantitative estimate of drug-likeness (QED) is 0.114. The molecule has 1 saturated carbocycles. The number of Topliss-reactive ketones (excluding diaryl/α,β-unsaturated/α-hetero) is 2. The third-order valence-electron chi connectivity index (χ3n) is 8.76. The number of carbonyl (C=O) groups is 2. The fourth-order valence-electron chi connectivity index (χ4n) is 7.00. The number of rotatable bonds is 2. The molecule has 4 aromatic carbocycles. The standard InChI is InChI=1S/C35H25NO2Te/c37-33-25-19-22-9-1-2-10-23(22)20-26(25)34(38)27(33)21-24-15-16-32(39-24)36-30-13-5-3-11-28(30)35(17-7-8-18-35)29-12-4-6-14-31(29)36/h1-6,9-16,19-21H,7-8,17-18H2. The zero-order valence-corrected chi connectivity index (χ0v) is 23.6. The van der Waals surface area contributed by atoms with Crippen LogP contribution < -0.4 is 4.90 Å². The first-order chi connectivity index (χ1) is 19.1. The van der Waals surface area contributed by atoms with E-state index in [1.807, 2.05) is 42.5 Å². The van der Waals surface area contributed by atoms with Crippen molar-refractivity contribution in [2.75, 3.05) is 4.90 Å². The molecule has 0 amide bonds. The van der Waals surface area contributed by atoms with Gasteiger partial charge in [0.15, 0.2) is 0 Å². The molecule has 2 aliphatic carbocycles. The van der Waals surface area contributed by atoms with Gasteiger partial charge in [-0.15, -0.1) is 0 Å². The van der Waals surface area contributed by atoms with Crippen molar-refractivity contribution in [2.24, 2.45) is 0 Å². The summed E-state index contributed by atoms with van der Waals surface area (Å²) in [5.41, 5.74) is 6.88. The molecule has 1 aliphatic heterocycles. The van der Waals surface area contributed by atoms with E-state index in [9.17, 15) is 9.59 Å². The van der Waals surface area contributed by atoms with Crippen LogP contribution in [0, 0.1) is 0 Å². The zero-order valence-electron chi connectivity index (χ0n) is 21.3. The van der Waals surface area contributed by atoms with Crippen LogP contribution in [0.15, 0.2) is 103 Å². The van der Waals surface area contributed by atoms with Gasteiger partial charge in [0, 0.05) is 0 Å². The van der Waals surface area contributed by atoms with Gasteiger partial charge in [0.2, 0.25) is 0 Å². The number of nitrogens with zero attached hydrogens (tertiary/aromatic N) is 1. The summed E-state index contributed by atoms with van der Waals surface area (Å²) in [6.45, 7) is 0. The Morgan fingerprint density at radius 3 is 1.79 bits per heavy atom. The van der Waals surface area contributed by atoms with Crippen molar-refractivity contribution >= 4 is 63.9 Å². The predicted molar refractivity (Wildman–Crippen MR) is 158 cm³/mol. The number of benzene rings is 4. The molecule has 0 saturated heterocycles. The average molecular weight is 619 g/mol. The number of ketones is 2. The first-order valence-electron chi connectivity index (χ1n) is 13.6. The van der Waals surface area contributed by atoms with E-state index in [2.05, 4.69) is 65.6 Å². The minimum atomic E-state index is -0.818. The Morgan fingerprint density at radius 2 is 1.21 bits per heavy atom. The summed E-state index contributed by atoms with van der Waals surface area (Å²) in [5.74, 6) is -0.307. The number of fused-ring (bicyclic) bond motifs is 6. The van der Waals surface area contributed by atoms with Crippen LogP contribution in [0.4, 0.5) is 15.1 Å². The monoisotopic (exact) mass is 621 g/mol. The molecule has 0 N–H and O–H groups in total. The summed E-state index contributed by atoms with van der Waals surface area (Å²) in [6.07, 6.45) is 6.79. The van der Waals surface area contributed by atoms with Crippen molar-refractivity contribution in [1.82, 2.24) is 0 Å². The predicted octanol–water partition coefficient (Wildman–Crippen LogP) is 8.00.